The summed E-state index contributed by atoms with van der Waals surface area (Å²) in [4.78, 5) is 4.08. The van der Waals surface area contributed by atoms with Gasteiger partial charge >= 0.3 is 0 Å². The fourth-order valence-electron chi connectivity index (χ4n) is 1.24. The van der Waals surface area contributed by atoms with Crippen molar-refractivity contribution in [1.82, 2.24) is 4.98 Å². The molecule has 5 heteroatoms. The Bertz CT molecular complexity index is 563. The largest absolute Gasteiger partial charge is 0.255 e. The Hall–Kier alpha value is -1.71. The third kappa shape index (κ3) is 3.65. The molecule has 0 amide bonds. The van der Waals surface area contributed by atoms with Crippen LogP contribution in [0.2, 0.25) is 5.02 Å². The highest BCUT2D eigenvalue weighted by molar-refractivity contribution is 6.69. The van der Waals surface area contributed by atoms with Crippen LogP contribution in [0.15, 0.2) is 58.9 Å². The number of hydrogen-bond acceptors (Lipinski definition) is 3. The third-order valence-corrected chi connectivity index (χ3v) is 2.65. The van der Waals surface area contributed by atoms with Crippen LogP contribution in [0.3, 0.4) is 0 Å². The Morgan fingerprint density at radius 2 is 1.89 bits per heavy atom. The standard InChI is InChI=1S/C13H9Cl2N3/c14-11-6-4-10(5-7-11)13(15)18-17-9-12-3-1-2-8-16-12/h1-9H/b17-9+,18-13+. The summed E-state index contributed by atoms with van der Waals surface area (Å²) >= 11 is 11.8. The first-order valence-electron chi connectivity index (χ1n) is 5.19. The van der Waals surface area contributed by atoms with Crippen LogP contribution in [-0.4, -0.2) is 16.4 Å². The van der Waals surface area contributed by atoms with Gasteiger partial charge in [0.15, 0.2) is 5.17 Å². The molecule has 0 aliphatic heterocycles. The first-order chi connectivity index (χ1) is 8.75. The third-order valence-electron chi connectivity index (χ3n) is 2.11. The number of hydrogen-bond donors (Lipinski definition) is 0. The van der Waals surface area contributed by atoms with Gasteiger partial charge < -0.3 is 0 Å². The van der Waals surface area contributed by atoms with Gasteiger partial charge in [-0.3, -0.25) is 4.98 Å². The summed E-state index contributed by atoms with van der Waals surface area (Å²) in [5.41, 5.74) is 1.49. The maximum absolute atomic E-state index is 6.00. The molecule has 0 aliphatic rings. The van der Waals surface area contributed by atoms with Crippen molar-refractivity contribution < 1.29 is 0 Å². The van der Waals surface area contributed by atoms with E-state index in [-0.39, 0.29) is 0 Å². The van der Waals surface area contributed by atoms with Crippen LogP contribution in [-0.2, 0) is 0 Å². The van der Waals surface area contributed by atoms with E-state index in [1.165, 1.54) is 6.21 Å². The smallest absolute Gasteiger partial charge is 0.158 e. The van der Waals surface area contributed by atoms with Gasteiger partial charge in [-0.1, -0.05) is 41.4 Å². The zero-order chi connectivity index (χ0) is 12.8. The van der Waals surface area contributed by atoms with E-state index in [9.17, 15) is 0 Å². The van der Waals surface area contributed by atoms with E-state index in [0.717, 1.165) is 11.3 Å². The minimum Gasteiger partial charge on any atom is -0.255 e. The molecule has 0 spiro atoms. The van der Waals surface area contributed by atoms with Crippen molar-refractivity contribution in [1.29, 1.82) is 0 Å². The Morgan fingerprint density at radius 3 is 2.56 bits per heavy atom. The van der Waals surface area contributed by atoms with Crippen molar-refractivity contribution in [3.63, 3.8) is 0 Å². The second-order valence-electron chi connectivity index (χ2n) is 3.40. The highest BCUT2D eigenvalue weighted by Gasteiger charge is 1.98. The fraction of sp³-hybridized carbons (Fsp3) is 0. The molecule has 0 aliphatic carbocycles. The maximum atomic E-state index is 6.00. The van der Waals surface area contributed by atoms with E-state index in [4.69, 9.17) is 23.2 Å². The lowest BCUT2D eigenvalue weighted by Gasteiger charge is -1.96. The first-order valence-corrected chi connectivity index (χ1v) is 5.95. The highest BCUT2D eigenvalue weighted by Crippen LogP contribution is 2.12. The molecular weight excluding hydrogens is 269 g/mol. The molecule has 0 bridgehead atoms. The van der Waals surface area contributed by atoms with Crippen molar-refractivity contribution in [3.8, 4) is 0 Å². The van der Waals surface area contributed by atoms with Crippen LogP contribution in [0.5, 0.6) is 0 Å². The molecular formula is C13H9Cl2N3. The van der Waals surface area contributed by atoms with Gasteiger partial charge in [0, 0.05) is 16.8 Å². The molecule has 0 unspecified atom stereocenters. The second kappa shape index (κ2) is 6.28. The van der Waals surface area contributed by atoms with Crippen molar-refractivity contribution in [3.05, 3.63) is 64.9 Å². The highest BCUT2D eigenvalue weighted by atomic mass is 35.5. The summed E-state index contributed by atoms with van der Waals surface area (Å²) in [6.45, 7) is 0. The summed E-state index contributed by atoms with van der Waals surface area (Å²) in [5.74, 6) is 0. The number of aromatic nitrogens is 1. The van der Waals surface area contributed by atoms with Gasteiger partial charge in [0.05, 0.1) is 11.9 Å². The molecule has 0 N–H and O–H groups in total. The van der Waals surface area contributed by atoms with Crippen molar-refractivity contribution >= 4 is 34.6 Å². The molecule has 0 saturated carbocycles. The van der Waals surface area contributed by atoms with Crippen LogP contribution < -0.4 is 0 Å². The fourth-order valence-corrected chi connectivity index (χ4v) is 1.53. The maximum Gasteiger partial charge on any atom is 0.158 e. The normalized spacial score (nSPS) is 12.0. The molecule has 1 heterocycles. The second-order valence-corrected chi connectivity index (χ2v) is 4.19. The number of nitrogens with zero attached hydrogens (tertiary/aromatic N) is 3. The average molecular weight is 278 g/mol. The van der Waals surface area contributed by atoms with Gasteiger partial charge in [0.25, 0.3) is 0 Å². The van der Waals surface area contributed by atoms with Crippen LogP contribution in [0.1, 0.15) is 11.3 Å². The minimum atomic E-state index is 0.304. The molecule has 0 fully saturated rings. The van der Waals surface area contributed by atoms with Crippen molar-refractivity contribution in [2.75, 3.05) is 0 Å². The Kier molecular flexibility index (Phi) is 4.45. The van der Waals surface area contributed by atoms with E-state index in [2.05, 4.69) is 15.2 Å². The summed E-state index contributed by atoms with van der Waals surface area (Å²) < 4.78 is 0. The molecule has 2 aromatic rings. The number of pyridine rings is 1. The summed E-state index contributed by atoms with van der Waals surface area (Å²) in [7, 11) is 0. The SMILES string of the molecule is Cl/C(=N/N=C/c1ccccn1)c1ccc(Cl)cc1. The number of halogens is 2. The molecule has 18 heavy (non-hydrogen) atoms. The van der Waals surface area contributed by atoms with Gasteiger partial charge in [-0.05, 0) is 24.3 Å². The Balaban J connectivity index is 2.10. The van der Waals surface area contributed by atoms with Crippen LogP contribution in [0.4, 0.5) is 0 Å². The zero-order valence-electron chi connectivity index (χ0n) is 9.29. The monoisotopic (exact) mass is 277 g/mol. The lowest BCUT2D eigenvalue weighted by molar-refractivity contribution is 1.23. The molecule has 3 nitrogen and oxygen atoms in total. The summed E-state index contributed by atoms with van der Waals surface area (Å²) in [5, 5.41) is 8.72. The molecule has 2 rings (SSSR count). The van der Waals surface area contributed by atoms with E-state index >= 15 is 0 Å². The van der Waals surface area contributed by atoms with Gasteiger partial charge in [0.2, 0.25) is 0 Å². The van der Waals surface area contributed by atoms with Crippen LogP contribution in [0, 0.1) is 0 Å². The van der Waals surface area contributed by atoms with Gasteiger partial charge in [0.1, 0.15) is 0 Å². The molecule has 1 aromatic heterocycles. The van der Waals surface area contributed by atoms with Gasteiger partial charge in [-0.2, -0.15) is 5.10 Å². The van der Waals surface area contributed by atoms with E-state index in [1.54, 1.807) is 30.5 Å². The Labute approximate surface area is 115 Å². The molecule has 0 radical (unpaired) electrons. The molecule has 0 atom stereocenters. The number of benzene rings is 1. The van der Waals surface area contributed by atoms with Crippen molar-refractivity contribution in [2.24, 2.45) is 10.2 Å². The van der Waals surface area contributed by atoms with Gasteiger partial charge in [-0.25, -0.2) is 0 Å². The zero-order valence-corrected chi connectivity index (χ0v) is 10.8. The van der Waals surface area contributed by atoms with E-state index < -0.39 is 0 Å². The molecule has 90 valence electrons. The van der Waals surface area contributed by atoms with Crippen LogP contribution in [0.25, 0.3) is 0 Å². The number of rotatable bonds is 3. The van der Waals surface area contributed by atoms with E-state index in [1.807, 2.05) is 18.2 Å². The predicted molar refractivity (Wildman–Crippen MR) is 75.7 cm³/mol. The molecule has 0 saturated heterocycles. The minimum absolute atomic E-state index is 0.304. The predicted octanol–water partition coefficient (Wildman–Crippen LogP) is 3.75. The quantitative estimate of drug-likeness (QED) is 0.622. The summed E-state index contributed by atoms with van der Waals surface area (Å²) in [6, 6.07) is 12.6. The Morgan fingerprint density at radius 1 is 1.11 bits per heavy atom. The van der Waals surface area contributed by atoms with E-state index in [0.29, 0.717) is 10.2 Å². The van der Waals surface area contributed by atoms with Gasteiger partial charge in [-0.15, -0.1) is 5.10 Å². The topological polar surface area (TPSA) is 37.6 Å². The molecule has 1 aromatic carbocycles. The average Bonchev–Trinajstić information content (AvgIpc) is 2.40. The lowest BCUT2D eigenvalue weighted by Crippen LogP contribution is -1.90. The van der Waals surface area contributed by atoms with Crippen LogP contribution >= 0.6 is 23.2 Å². The first kappa shape index (κ1) is 12.7. The lowest BCUT2D eigenvalue weighted by atomic mass is 10.2. The summed E-state index contributed by atoms with van der Waals surface area (Å²) in [6.07, 6.45) is 3.23. The van der Waals surface area contributed by atoms with Crippen molar-refractivity contribution in [2.45, 2.75) is 0 Å².